The van der Waals surface area contributed by atoms with Crippen molar-refractivity contribution in [3.05, 3.63) is 35.2 Å². The number of allylic oxidation sites excluding steroid dienone is 1. The Morgan fingerprint density at radius 2 is 1.85 bits per heavy atom. The number of methoxy groups -OCH3 is 1. The summed E-state index contributed by atoms with van der Waals surface area (Å²) in [6, 6.07) is 8.75. The number of nitrogens with zero attached hydrogens (tertiary/aromatic N) is 5. The first-order valence-corrected chi connectivity index (χ1v) is 11.6. The molecule has 34 heavy (non-hydrogen) atoms. The Bertz CT molecular complexity index is 1020. The van der Waals surface area contributed by atoms with Crippen LogP contribution < -0.4 is 10.1 Å². The molecule has 180 valence electrons. The Labute approximate surface area is 201 Å². The van der Waals surface area contributed by atoms with E-state index < -0.39 is 6.04 Å². The number of carbonyl (C=O) groups excluding carboxylic acids is 2. The summed E-state index contributed by atoms with van der Waals surface area (Å²) in [7, 11) is 3.30. The summed E-state index contributed by atoms with van der Waals surface area (Å²) in [5.41, 5.74) is 1.44. The van der Waals surface area contributed by atoms with Crippen molar-refractivity contribution in [2.45, 2.75) is 45.1 Å². The van der Waals surface area contributed by atoms with Gasteiger partial charge in [0, 0.05) is 32.4 Å². The number of nitriles is 2. The summed E-state index contributed by atoms with van der Waals surface area (Å²) in [6.45, 7) is 3.98. The molecule has 1 N–H and O–H groups in total. The van der Waals surface area contributed by atoms with Crippen LogP contribution in [-0.4, -0.2) is 72.9 Å². The molecule has 0 saturated carbocycles. The molecule has 0 radical (unpaired) electrons. The minimum absolute atomic E-state index is 0.0218. The minimum atomic E-state index is -0.590. The van der Waals surface area contributed by atoms with Crippen LogP contribution in [0.15, 0.2) is 29.6 Å². The van der Waals surface area contributed by atoms with Crippen molar-refractivity contribution in [3.63, 3.8) is 0 Å². The van der Waals surface area contributed by atoms with Gasteiger partial charge in [-0.15, -0.1) is 0 Å². The average molecular weight is 465 g/mol. The Morgan fingerprint density at radius 3 is 2.47 bits per heavy atom. The third-order valence-corrected chi connectivity index (χ3v) is 6.48. The summed E-state index contributed by atoms with van der Waals surface area (Å²) in [5.74, 6) is 0.808. The van der Waals surface area contributed by atoms with E-state index in [4.69, 9.17) is 4.74 Å². The van der Waals surface area contributed by atoms with E-state index >= 15 is 0 Å². The van der Waals surface area contributed by atoms with Crippen molar-refractivity contribution < 1.29 is 14.3 Å². The number of rotatable bonds is 7. The van der Waals surface area contributed by atoms with E-state index in [0.717, 1.165) is 50.1 Å². The number of likely N-dealkylation sites (N-methyl/N-ethyl adjacent to an activating group) is 1. The highest BCUT2D eigenvalue weighted by molar-refractivity contribution is 5.88. The third kappa shape index (κ3) is 5.60. The molecule has 0 bridgehead atoms. The van der Waals surface area contributed by atoms with Crippen LogP contribution in [-0.2, 0) is 9.59 Å². The molecule has 0 spiro atoms. The zero-order valence-electron chi connectivity index (χ0n) is 20.1. The number of hydrogen-bond donors (Lipinski definition) is 1. The first kappa shape index (κ1) is 24.9. The van der Waals surface area contributed by atoms with Crippen LogP contribution in [0.2, 0.25) is 0 Å². The van der Waals surface area contributed by atoms with Gasteiger partial charge in [0.2, 0.25) is 11.8 Å². The van der Waals surface area contributed by atoms with Crippen molar-refractivity contribution in [3.8, 4) is 17.9 Å². The monoisotopic (exact) mass is 464 g/mol. The maximum atomic E-state index is 13.5. The molecule has 1 aromatic rings. The van der Waals surface area contributed by atoms with Crippen molar-refractivity contribution in [2.24, 2.45) is 0 Å². The van der Waals surface area contributed by atoms with Crippen molar-refractivity contribution in [2.75, 3.05) is 45.7 Å². The fourth-order valence-electron chi connectivity index (χ4n) is 4.54. The highest BCUT2D eigenvalue weighted by Crippen LogP contribution is 2.26. The second-order valence-corrected chi connectivity index (χ2v) is 8.73. The highest BCUT2D eigenvalue weighted by Gasteiger charge is 2.34. The van der Waals surface area contributed by atoms with E-state index in [1.807, 2.05) is 30.0 Å². The van der Waals surface area contributed by atoms with Gasteiger partial charge in [-0.3, -0.25) is 9.59 Å². The maximum Gasteiger partial charge on any atom is 0.245 e. The summed E-state index contributed by atoms with van der Waals surface area (Å²) in [6.07, 6.45) is 4.18. The van der Waals surface area contributed by atoms with Gasteiger partial charge in [0.25, 0.3) is 0 Å². The van der Waals surface area contributed by atoms with Gasteiger partial charge < -0.3 is 24.8 Å². The quantitative estimate of drug-likeness (QED) is 0.617. The zero-order chi connectivity index (χ0) is 24.7. The third-order valence-electron chi connectivity index (χ3n) is 6.48. The number of ether oxygens (including phenoxy) is 1. The molecule has 0 aromatic heterocycles. The van der Waals surface area contributed by atoms with E-state index in [9.17, 15) is 20.1 Å². The van der Waals surface area contributed by atoms with Crippen LogP contribution in [0.5, 0.6) is 5.75 Å². The van der Waals surface area contributed by atoms with Crippen LogP contribution in [0.1, 0.15) is 37.7 Å². The zero-order valence-corrected chi connectivity index (χ0v) is 20.1. The molecule has 1 unspecified atom stereocenters. The SMILES string of the molecule is COc1ccc(NC(=C(C#N)C#N)N(C)C2CCCCN(CC(=O)N3CCCC3)C2=O)cc1C. The van der Waals surface area contributed by atoms with Crippen LogP contribution >= 0.6 is 0 Å². The van der Waals surface area contributed by atoms with Gasteiger partial charge >= 0.3 is 0 Å². The summed E-state index contributed by atoms with van der Waals surface area (Å²) in [4.78, 5) is 31.3. The Morgan fingerprint density at radius 1 is 1.18 bits per heavy atom. The number of aryl methyl sites for hydroxylation is 1. The molecule has 2 fully saturated rings. The van der Waals surface area contributed by atoms with Gasteiger partial charge in [-0.2, -0.15) is 10.5 Å². The van der Waals surface area contributed by atoms with Crippen LogP contribution in [0.4, 0.5) is 5.69 Å². The lowest BCUT2D eigenvalue weighted by atomic mass is 10.1. The normalized spacial score (nSPS) is 17.9. The van der Waals surface area contributed by atoms with Crippen molar-refractivity contribution in [1.82, 2.24) is 14.7 Å². The van der Waals surface area contributed by atoms with E-state index in [1.165, 1.54) is 0 Å². The molecule has 2 aliphatic heterocycles. The second-order valence-electron chi connectivity index (χ2n) is 8.73. The lowest BCUT2D eigenvalue weighted by Crippen LogP contribution is -2.50. The first-order valence-electron chi connectivity index (χ1n) is 11.6. The number of hydrogen-bond acceptors (Lipinski definition) is 7. The molecular weight excluding hydrogens is 432 g/mol. The minimum Gasteiger partial charge on any atom is -0.496 e. The topological polar surface area (TPSA) is 113 Å². The summed E-state index contributed by atoms with van der Waals surface area (Å²) in [5, 5.41) is 22.4. The number of likely N-dealkylation sites (tertiary alicyclic amines) is 2. The molecule has 0 aliphatic carbocycles. The lowest BCUT2D eigenvalue weighted by Gasteiger charge is -2.33. The number of carbonyl (C=O) groups is 2. The van der Waals surface area contributed by atoms with Crippen molar-refractivity contribution >= 4 is 17.5 Å². The first-order chi connectivity index (χ1) is 16.4. The lowest BCUT2D eigenvalue weighted by molar-refractivity contribution is -0.142. The standard InChI is InChI=1S/C25H32N6O3/c1-18-14-20(9-10-22(18)34-3)28-24(19(15-26)16-27)29(2)21-8-4-5-13-31(25(21)33)17-23(32)30-11-6-7-12-30/h9-10,14,21,28H,4-8,11-13,17H2,1-3H3. The number of nitrogens with one attached hydrogen (secondary N) is 1. The van der Waals surface area contributed by atoms with Gasteiger partial charge in [-0.1, -0.05) is 0 Å². The van der Waals surface area contributed by atoms with Crippen LogP contribution in [0.25, 0.3) is 0 Å². The number of amides is 2. The van der Waals surface area contributed by atoms with Gasteiger partial charge in [-0.05, 0) is 62.8 Å². The molecule has 3 rings (SSSR count). The molecule has 2 amide bonds. The van der Waals surface area contributed by atoms with Gasteiger partial charge in [0.15, 0.2) is 5.57 Å². The largest absolute Gasteiger partial charge is 0.496 e. The van der Waals surface area contributed by atoms with Gasteiger partial charge in [-0.25, -0.2) is 0 Å². The predicted molar refractivity (Wildman–Crippen MR) is 127 cm³/mol. The smallest absolute Gasteiger partial charge is 0.245 e. The van der Waals surface area contributed by atoms with Crippen molar-refractivity contribution in [1.29, 1.82) is 10.5 Å². The van der Waals surface area contributed by atoms with E-state index in [1.54, 1.807) is 36.1 Å². The van der Waals surface area contributed by atoms with Crippen LogP contribution in [0.3, 0.4) is 0 Å². The number of anilines is 1. The van der Waals surface area contributed by atoms with E-state index in [-0.39, 0.29) is 29.8 Å². The fourth-order valence-corrected chi connectivity index (χ4v) is 4.54. The van der Waals surface area contributed by atoms with Gasteiger partial charge in [0.05, 0.1) is 13.7 Å². The van der Waals surface area contributed by atoms with E-state index in [0.29, 0.717) is 18.7 Å². The second kappa shape index (κ2) is 11.4. The molecular formula is C25H32N6O3. The number of benzene rings is 1. The Kier molecular flexibility index (Phi) is 8.37. The Balaban J connectivity index is 1.84. The fraction of sp³-hybridized carbons (Fsp3) is 0.520. The highest BCUT2D eigenvalue weighted by atomic mass is 16.5. The Hall–Kier alpha value is -3.72. The summed E-state index contributed by atoms with van der Waals surface area (Å²) >= 11 is 0. The molecule has 9 heteroatoms. The van der Waals surface area contributed by atoms with Crippen LogP contribution in [0, 0.1) is 29.6 Å². The predicted octanol–water partition coefficient (Wildman–Crippen LogP) is 2.61. The molecule has 2 heterocycles. The van der Waals surface area contributed by atoms with E-state index in [2.05, 4.69) is 5.32 Å². The maximum absolute atomic E-state index is 13.5. The molecule has 1 atom stereocenters. The average Bonchev–Trinajstić information content (AvgIpc) is 3.32. The molecule has 2 aliphatic rings. The molecule has 2 saturated heterocycles. The molecule has 9 nitrogen and oxygen atoms in total. The van der Waals surface area contributed by atoms with Gasteiger partial charge in [0.1, 0.15) is 29.8 Å². The molecule has 1 aromatic carbocycles. The summed E-state index contributed by atoms with van der Waals surface area (Å²) < 4.78 is 5.31.